The van der Waals surface area contributed by atoms with E-state index in [4.69, 9.17) is 14.0 Å². The fraction of sp³-hybridized carbons (Fsp3) is 0.227. The van der Waals surface area contributed by atoms with E-state index < -0.39 is 0 Å². The van der Waals surface area contributed by atoms with Crippen LogP contribution in [0.2, 0.25) is 0 Å². The number of aromatic nitrogens is 4. The Labute approximate surface area is 179 Å². The van der Waals surface area contributed by atoms with Crippen molar-refractivity contribution in [3.05, 3.63) is 77.4 Å². The highest BCUT2D eigenvalue weighted by Gasteiger charge is 2.17. The number of nitrogens with zero attached hydrogens (tertiary/aromatic N) is 4. The maximum atomic E-state index is 5.94. The van der Waals surface area contributed by atoms with E-state index in [9.17, 15) is 0 Å². The second kappa shape index (κ2) is 9.04. The standard InChI is InChI=1S/C22H22N4O3S/c1-15-20(16(2)29-25-15)14-30-22-24-23-21(26(22)17-7-5-4-6-8-17)13-28-19-11-9-18(27-3)10-12-19/h4-12H,13-14H2,1-3H3. The molecule has 0 atom stereocenters. The van der Waals surface area contributed by atoms with E-state index in [1.807, 2.05) is 73.0 Å². The number of hydrogen-bond acceptors (Lipinski definition) is 7. The lowest BCUT2D eigenvalue weighted by atomic mass is 10.2. The van der Waals surface area contributed by atoms with Gasteiger partial charge in [-0.3, -0.25) is 4.57 Å². The fourth-order valence-corrected chi connectivity index (χ4v) is 4.11. The molecule has 2 aromatic heterocycles. The first kappa shape index (κ1) is 20.0. The minimum absolute atomic E-state index is 0.292. The number of ether oxygens (including phenoxy) is 2. The summed E-state index contributed by atoms with van der Waals surface area (Å²) >= 11 is 1.59. The van der Waals surface area contributed by atoms with Crippen LogP contribution in [0.15, 0.2) is 64.3 Å². The molecule has 30 heavy (non-hydrogen) atoms. The number of para-hydroxylation sites is 1. The molecule has 2 heterocycles. The molecule has 0 unspecified atom stereocenters. The smallest absolute Gasteiger partial charge is 0.196 e. The number of benzene rings is 2. The molecule has 0 spiro atoms. The molecule has 0 saturated heterocycles. The lowest BCUT2D eigenvalue weighted by molar-refractivity contribution is 0.292. The van der Waals surface area contributed by atoms with Crippen molar-refractivity contribution in [2.24, 2.45) is 0 Å². The van der Waals surface area contributed by atoms with Crippen molar-refractivity contribution >= 4 is 11.8 Å². The first-order chi connectivity index (χ1) is 14.7. The van der Waals surface area contributed by atoms with Crippen molar-refractivity contribution in [1.82, 2.24) is 19.9 Å². The number of rotatable bonds is 8. The second-order valence-corrected chi connectivity index (χ2v) is 7.57. The Kier molecular flexibility index (Phi) is 6.04. The summed E-state index contributed by atoms with van der Waals surface area (Å²) in [4.78, 5) is 0. The molecule has 0 bridgehead atoms. The summed E-state index contributed by atoms with van der Waals surface area (Å²) in [5, 5.41) is 13.6. The Morgan fingerprint density at radius 3 is 2.37 bits per heavy atom. The summed E-state index contributed by atoms with van der Waals surface area (Å²) < 4.78 is 18.4. The van der Waals surface area contributed by atoms with Crippen LogP contribution in [0.25, 0.3) is 5.69 Å². The van der Waals surface area contributed by atoms with Crippen molar-refractivity contribution in [2.45, 2.75) is 31.4 Å². The van der Waals surface area contributed by atoms with Crippen LogP contribution in [-0.4, -0.2) is 27.0 Å². The van der Waals surface area contributed by atoms with E-state index in [1.165, 1.54) is 0 Å². The minimum atomic E-state index is 0.292. The molecular formula is C22H22N4O3S. The van der Waals surface area contributed by atoms with E-state index in [1.54, 1.807) is 18.9 Å². The molecule has 0 N–H and O–H groups in total. The highest BCUT2D eigenvalue weighted by molar-refractivity contribution is 7.98. The van der Waals surface area contributed by atoms with E-state index in [2.05, 4.69) is 15.4 Å². The number of thioether (sulfide) groups is 1. The Bertz CT molecular complexity index is 1090. The van der Waals surface area contributed by atoms with Gasteiger partial charge < -0.3 is 14.0 Å². The van der Waals surface area contributed by atoms with E-state index in [0.717, 1.165) is 45.2 Å². The molecule has 4 aromatic rings. The van der Waals surface area contributed by atoms with Gasteiger partial charge in [0.25, 0.3) is 0 Å². The van der Waals surface area contributed by atoms with E-state index in [0.29, 0.717) is 12.4 Å². The van der Waals surface area contributed by atoms with E-state index >= 15 is 0 Å². The predicted octanol–water partition coefficient (Wildman–Crippen LogP) is 4.75. The van der Waals surface area contributed by atoms with Gasteiger partial charge in [-0.25, -0.2) is 0 Å². The molecule has 0 radical (unpaired) electrons. The molecule has 0 aliphatic carbocycles. The monoisotopic (exact) mass is 422 g/mol. The molecule has 4 rings (SSSR count). The Morgan fingerprint density at radius 2 is 1.70 bits per heavy atom. The van der Waals surface area contributed by atoms with Gasteiger partial charge in [0, 0.05) is 17.0 Å². The minimum Gasteiger partial charge on any atom is -0.497 e. The first-order valence-electron chi connectivity index (χ1n) is 9.47. The van der Waals surface area contributed by atoms with Crippen LogP contribution in [0.3, 0.4) is 0 Å². The van der Waals surface area contributed by atoms with Crippen LogP contribution < -0.4 is 9.47 Å². The van der Waals surface area contributed by atoms with Crippen molar-refractivity contribution in [2.75, 3.05) is 7.11 Å². The van der Waals surface area contributed by atoms with Gasteiger partial charge in [-0.2, -0.15) is 0 Å². The van der Waals surface area contributed by atoms with Crippen LogP contribution in [0.4, 0.5) is 0 Å². The van der Waals surface area contributed by atoms with Crippen molar-refractivity contribution < 1.29 is 14.0 Å². The molecule has 0 aliphatic rings. The number of aryl methyl sites for hydroxylation is 2. The van der Waals surface area contributed by atoms with Crippen molar-refractivity contribution in [3.8, 4) is 17.2 Å². The summed E-state index contributed by atoms with van der Waals surface area (Å²) in [6.07, 6.45) is 0. The molecule has 154 valence electrons. The maximum Gasteiger partial charge on any atom is 0.196 e. The lowest BCUT2D eigenvalue weighted by Crippen LogP contribution is -2.06. The first-order valence-corrected chi connectivity index (χ1v) is 10.5. The van der Waals surface area contributed by atoms with Crippen LogP contribution in [0.1, 0.15) is 22.8 Å². The summed E-state index contributed by atoms with van der Waals surface area (Å²) in [7, 11) is 1.64. The van der Waals surface area contributed by atoms with Crippen LogP contribution in [0.5, 0.6) is 11.5 Å². The maximum absolute atomic E-state index is 5.94. The molecular weight excluding hydrogens is 400 g/mol. The average Bonchev–Trinajstić information content (AvgIpc) is 3.34. The molecule has 0 amide bonds. The molecule has 0 saturated carbocycles. The Hall–Kier alpha value is -3.26. The quantitative estimate of drug-likeness (QED) is 0.379. The Morgan fingerprint density at radius 1 is 0.967 bits per heavy atom. The van der Waals surface area contributed by atoms with Gasteiger partial charge in [0.1, 0.15) is 23.9 Å². The highest BCUT2D eigenvalue weighted by atomic mass is 32.2. The van der Waals surface area contributed by atoms with Crippen molar-refractivity contribution in [1.29, 1.82) is 0 Å². The van der Waals surface area contributed by atoms with Crippen LogP contribution in [-0.2, 0) is 12.4 Å². The lowest BCUT2D eigenvalue weighted by Gasteiger charge is -2.11. The van der Waals surface area contributed by atoms with Crippen LogP contribution in [0, 0.1) is 13.8 Å². The van der Waals surface area contributed by atoms with Gasteiger partial charge >= 0.3 is 0 Å². The largest absolute Gasteiger partial charge is 0.497 e. The third-order valence-electron chi connectivity index (χ3n) is 4.67. The van der Waals surface area contributed by atoms with Crippen molar-refractivity contribution in [3.63, 3.8) is 0 Å². The van der Waals surface area contributed by atoms with Gasteiger partial charge in [-0.15, -0.1) is 10.2 Å². The van der Waals surface area contributed by atoms with Gasteiger partial charge in [0.2, 0.25) is 0 Å². The highest BCUT2D eigenvalue weighted by Crippen LogP contribution is 2.28. The van der Waals surface area contributed by atoms with Crippen LogP contribution >= 0.6 is 11.8 Å². The molecule has 0 aliphatic heterocycles. The third-order valence-corrected chi connectivity index (χ3v) is 5.62. The van der Waals surface area contributed by atoms with Gasteiger partial charge in [0.05, 0.1) is 12.8 Å². The zero-order valence-corrected chi connectivity index (χ0v) is 17.8. The van der Waals surface area contributed by atoms with Gasteiger partial charge in [0.15, 0.2) is 11.0 Å². The summed E-state index contributed by atoms with van der Waals surface area (Å²) in [5.41, 5.74) is 2.96. The Balaban J connectivity index is 1.57. The second-order valence-electron chi connectivity index (χ2n) is 6.63. The molecule has 2 aromatic carbocycles. The summed E-state index contributed by atoms with van der Waals surface area (Å²) in [6, 6.07) is 17.5. The van der Waals surface area contributed by atoms with Gasteiger partial charge in [-0.05, 0) is 50.2 Å². The fourth-order valence-electron chi connectivity index (χ4n) is 2.99. The third kappa shape index (κ3) is 4.33. The molecule has 7 nitrogen and oxygen atoms in total. The topological polar surface area (TPSA) is 75.2 Å². The zero-order chi connectivity index (χ0) is 20.9. The number of hydrogen-bond donors (Lipinski definition) is 0. The SMILES string of the molecule is COc1ccc(OCc2nnc(SCc3c(C)noc3C)n2-c2ccccc2)cc1. The normalized spacial score (nSPS) is 10.9. The number of methoxy groups -OCH3 is 1. The van der Waals surface area contributed by atoms with Gasteiger partial charge in [-0.1, -0.05) is 35.1 Å². The molecule has 0 fully saturated rings. The summed E-state index contributed by atoms with van der Waals surface area (Å²) in [5.74, 6) is 3.77. The predicted molar refractivity (Wildman–Crippen MR) is 114 cm³/mol. The molecule has 8 heteroatoms. The summed E-state index contributed by atoms with van der Waals surface area (Å²) in [6.45, 7) is 4.16. The average molecular weight is 423 g/mol. The van der Waals surface area contributed by atoms with E-state index in [-0.39, 0.29) is 0 Å². The zero-order valence-electron chi connectivity index (χ0n) is 17.0.